The highest BCUT2D eigenvalue weighted by Crippen LogP contribution is 2.40. The summed E-state index contributed by atoms with van der Waals surface area (Å²) in [5, 5.41) is 11.7. The van der Waals surface area contributed by atoms with Gasteiger partial charge in [0.05, 0.1) is 16.1 Å². The zero-order valence-electron chi connectivity index (χ0n) is 20.2. The van der Waals surface area contributed by atoms with Gasteiger partial charge in [-0.3, -0.25) is 0 Å². The van der Waals surface area contributed by atoms with Crippen molar-refractivity contribution in [3.63, 3.8) is 0 Å². The van der Waals surface area contributed by atoms with Crippen molar-refractivity contribution in [2.75, 3.05) is 24.2 Å². The minimum atomic E-state index is -3.86. The smallest absolute Gasteiger partial charge is 0.291 e. The molecule has 194 valence electrons. The monoisotopic (exact) mass is 555 g/mol. The summed E-state index contributed by atoms with van der Waals surface area (Å²) in [4.78, 5) is 11.5. The molecule has 1 aliphatic heterocycles. The Kier molecular flexibility index (Phi) is 6.69. The van der Waals surface area contributed by atoms with Gasteiger partial charge in [-0.25, -0.2) is 31.9 Å². The number of rotatable bonds is 7. The van der Waals surface area contributed by atoms with Crippen LogP contribution in [0.4, 0.5) is 14.5 Å². The van der Waals surface area contributed by atoms with Crippen molar-refractivity contribution in [2.45, 2.75) is 67.7 Å². The van der Waals surface area contributed by atoms with Gasteiger partial charge in [-0.05, 0) is 52.0 Å². The van der Waals surface area contributed by atoms with Crippen LogP contribution in [-0.2, 0) is 10.0 Å². The first-order valence-electron chi connectivity index (χ1n) is 11.5. The van der Waals surface area contributed by atoms with E-state index in [0.29, 0.717) is 40.5 Å². The fourth-order valence-corrected chi connectivity index (χ4v) is 7.01. The molecule has 0 amide bonds. The van der Waals surface area contributed by atoms with Crippen LogP contribution >= 0.6 is 23.1 Å². The normalized spacial score (nSPS) is 21.9. The zero-order valence-corrected chi connectivity index (χ0v) is 22.7. The second kappa shape index (κ2) is 9.39. The molecule has 1 saturated carbocycles. The molecule has 0 radical (unpaired) electrons. The lowest BCUT2D eigenvalue weighted by atomic mass is 10.1. The van der Waals surface area contributed by atoms with E-state index in [2.05, 4.69) is 44.0 Å². The Labute approximate surface area is 216 Å². The lowest BCUT2D eigenvalue weighted by Crippen LogP contribution is -2.54. The largest absolute Gasteiger partial charge is 0.367 e. The van der Waals surface area contributed by atoms with Crippen LogP contribution in [0.5, 0.6) is 0 Å². The molecule has 1 aliphatic carbocycles. The molecule has 2 aromatic heterocycles. The summed E-state index contributed by atoms with van der Waals surface area (Å²) < 4.78 is 56.3. The Morgan fingerprint density at radius 1 is 1.19 bits per heavy atom. The number of hydrogen-bond acceptors (Lipinski definition) is 10. The number of alkyl halides is 2. The van der Waals surface area contributed by atoms with E-state index in [0.717, 1.165) is 24.2 Å². The molecular weight excluding hydrogens is 528 g/mol. The van der Waals surface area contributed by atoms with Crippen LogP contribution in [0, 0.1) is 0 Å². The van der Waals surface area contributed by atoms with E-state index in [1.54, 1.807) is 6.07 Å². The number of benzene rings is 1. The number of piperazine rings is 1. The van der Waals surface area contributed by atoms with Gasteiger partial charge in [0.1, 0.15) is 5.69 Å². The summed E-state index contributed by atoms with van der Waals surface area (Å²) in [6.07, 6.45) is 0.602. The first-order valence-corrected chi connectivity index (χ1v) is 15.1. The Hall–Kier alpha value is -2.00. The van der Waals surface area contributed by atoms with Crippen molar-refractivity contribution < 1.29 is 17.2 Å². The first kappa shape index (κ1) is 25.6. The highest BCUT2D eigenvalue weighted by Gasteiger charge is 2.41. The second-order valence-corrected chi connectivity index (χ2v) is 13.1. The SMILES string of the molecule is CSc1nc(-c2nnc(C(F)F)s2)c2cc(S(=O)(=O)NC3(C)CC3)cc(N3C[C@H](C)N[C@@H](C)C3)c2n1. The number of anilines is 1. The lowest BCUT2D eigenvalue weighted by Gasteiger charge is -2.38. The Balaban J connectivity index is 1.76. The quantitative estimate of drug-likeness (QED) is 0.332. The van der Waals surface area contributed by atoms with Crippen LogP contribution in [0.1, 0.15) is 45.0 Å². The van der Waals surface area contributed by atoms with Crippen molar-refractivity contribution in [1.82, 2.24) is 30.2 Å². The highest BCUT2D eigenvalue weighted by molar-refractivity contribution is 7.98. The van der Waals surface area contributed by atoms with Crippen LogP contribution in [0.15, 0.2) is 22.2 Å². The van der Waals surface area contributed by atoms with Gasteiger partial charge in [0, 0.05) is 36.1 Å². The van der Waals surface area contributed by atoms with Gasteiger partial charge in [-0.1, -0.05) is 23.1 Å². The number of nitrogens with one attached hydrogen (secondary N) is 2. The van der Waals surface area contributed by atoms with Crippen LogP contribution in [-0.4, -0.2) is 65.6 Å². The minimum absolute atomic E-state index is 0.0808. The van der Waals surface area contributed by atoms with Crippen molar-refractivity contribution >= 4 is 49.7 Å². The van der Waals surface area contributed by atoms with Gasteiger partial charge >= 0.3 is 0 Å². The minimum Gasteiger partial charge on any atom is -0.367 e. The maximum Gasteiger partial charge on any atom is 0.291 e. The summed E-state index contributed by atoms with van der Waals surface area (Å²) in [6, 6.07) is 3.52. The molecule has 14 heteroatoms. The van der Waals surface area contributed by atoms with Crippen molar-refractivity contribution in [1.29, 1.82) is 0 Å². The van der Waals surface area contributed by atoms with E-state index >= 15 is 0 Å². The van der Waals surface area contributed by atoms with Gasteiger partial charge in [0.15, 0.2) is 15.2 Å². The van der Waals surface area contributed by atoms with E-state index in [-0.39, 0.29) is 22.0 Å². The molecule has 2 atom stereocenters. The molecule has 0 bridgehead atoms. The average molecular weight is 556 g/mol. The summed E-state index contributed by atoms with van der Waals surface area (Å²) in [5.74, 6) is 0. The molecule has 0 spiro atoms. The van der Waals surface area contributed by atoms with E-state index < -0.39 is 27.0 Å². The van der Waals surface area contributed by atoms with Gasteiger partial charge in [-0.2, -0.15) is 0 Å². The van der Waals surface area contributed by atoms with E-state index in [4.69, 9.17) is 4.98 Å². The summed E-state index contributed by atoms with van der Waals surface area (Å²) in [6.45, 7) is 7.31. The van der Waals surface area contributed by atoms with Gasteiger partial charge in [0.2, 0.25) is 10.0 Å². The number of hydrogen-bond donors (Lipinski definition) is 2. The van der Waals surface area contributed by atoms with Crippen molar-refractivity contribution in [3.8, 4) is 10.7 Å². The van der Waals surface area contributed by atoms with E-state index in [1.807, 2.05) is 13.2 Å². The third-order valence-corrected chi connectivity index (χ3v) is 9.44. The van der Waals surface area contributed by atoms with Crippen LogP contribution < -0.4 is 14.9 Å². The standard InChI is InChI=1S/C22H27F2N7O2S3/c1-11-9-31(10-12(2)25-11)15-8-13(36(32,33)30-22(3)5-6-22)7-14-16(15)26-21(34-4)27-17(14)19-28-29-20(35-19)18(23)24/h7-8,11-12,18,25,30H,5-6,9-10H2,1-4H3/t11-,12-/m0/s1. The van der Waals surface area contributed by atoms with Crippen LogP contribution in [0.3, 0.4) is 0 Å². The topological polar surface area (TPSA) is 113 Å². The van der Waals surface area contributed by atoms with Crippen LogP contribution in [0.25, 0.3) is 21.6 Å². The number of sulfonamides is 1. The molecule has 9 nitrogen and oxygen atoms in total. The molecule has 0 unspecified atom stereocenters. The maximum atomic E-state index is 13.4. The molecule has 5 rings (SSSR count). The number of nitrogens with zero attached hydrogens (tertiary/aromatic N) is 5. The van der Waals surface area contributed by atoms with Crippen LogP contribution in [0.2, 0.25) is 0 Å². The third-order valence-electron chi connectivity index (χ3n) is 6.34. The molecule has 2 fully saturated rings. The third kappa shape index (κ3) is 5.05. The number of aromatic nitrogens is 4. The Morgan fingerprint density at radius 2 is 1.89 bits per heavy atom. The summed E-state index contributed by atoms with van der Waals surface area (Å²) >= 11 is 2.06. The molecule has 2 aliphatic rings. The molecule has 1 aromatic carbocycles. The fraction of sp³-hybridized carbons (Fsp3) is 0.545. The predicted octanol–water partition coefficient (Wildman–Crippen LogP) is 3.83. The first-order chi connectivity index (χ1) is 17.0. The average Bonchev–Trinajstić information content (AvgIpc) is 3.31. The lowest BCUT2D eigenvalue weighted by molar-refractivity contribution is 0.150. The molecule has 1 saturated heterocycles. The van der Waals surface area contributed by atoms with E-state index in [1.165, 1.54) is 17.8 Å². The predicted molar refractivity (Wildman–Crippen MR) is 137 cm³/mol. The number of halogens is 2. The highest BCUT2D eigenvalue weighted by atomic mass is 32.2. The summed E-state index contributed by atoms with van der Waals surface area (Å²) in [5.41, 5.74) is 1.04. The zero-order chi connectivity index (χ0) is 25.8. The summed E-state index contributed by atoms with van der Waals surface area (Å²) in [7, 11) is -3.86. The van der Waals surface area contributed by atoms with Crippen molar-refractivity contribution in [3.05, 3.63) is 17.1 Å². The van der Waals surface area contributed by atoms with Crippen molar-refractivity contribution in [2.24, 2.45) is 0 Å². The van der Waals surface area contributed by atoms with Gasteiger partial charge in [-0.15, -0.1) is 10.2 Å². The molecular formula is C22H27F2N7O2S3. The van der Waals surface area contributed by atoms with Gasteiger partial charge < -0.3 is 10.2 Å². The molecule has 36 heavy (non-hydrogen) atoms. The molecule has 3 heterocycles. The number of fused-ring (bicyclic) bond motifs is 1. The molecule has 3 aromatic rings. The second-order valence-electron chi connectivity index (χ2n) is 9.68. The maximum absolute atomic E-state index is 13.4. The van der Waals surface area contributed by atoms with Gasteiger partial charge in [0.25, 0.3) is 6.43 Å². The molecule has 2 N–H and O–H groups in total. The van der Waals surface area contributed by atoms with E-state index in [9.17, 15) is 17.2 Å². The Bertz CT molecular complexity index is 1400. The fourth-order valence-electron chi connectivity index (χ4n) is 4.43. The number of thioether (sulfide) groups is 1. The Morgan fingerprint density at radius 3 is 2.47 bits per heavy atom.